The topological polar surface area (TPSA) is 70.4 Å². The lowest BCUT2D eigenvalue weighted by atomic mass is 10.1. The second-order valence-electron chi connectivity index (χ2n) is 5.21. The van der Waals surface area contributed by atoms with Crippen LogP contribution >= 0.6 is 0 Å². The third-order valence-corrected chi connectivity index (χ3v) is 3.73. The number of carbonyl (C=O) groups is 1. The molecule has 5 nitrogen and oxygen atoms in total. The van der Waals surface area contributed by atoms with Crippen molar-refractivity contribution in [2.24, 2.45) is 0 Å². The normalized spacial score (nSPS) is 15.8. The molecule has 2 rings (SSSR count). The maximum absolute atomic E-state index is 11.6. The second kappa shape index (κ2) is 7.14. The van der Waals surface area contributed by atoms with Crippen LogP contribution < -0.4 is 16.4 Å². The molecule has 5 heteroatoms. The number of nitrogen functional groups attached to an aromatic ring is 1. The van der Waals surface area contributed by atoms with E-state index in [-0.39, 0.29) is 5.91 Å². The van der Waals surface area contributed by atoms with Crippen LogP contribution in [0.25, 0.3) is 0 Å². The average Bonchev–Trinajstić information content (AvgIpc) is 2.49. The highest BCUT2D eigenvalue weighted by Crippen LogP contribution is 2.20. The fraction of sp³-hybridized carbons (Fsp3) is 0.533. The molecule has 110 valence electrons. The minimum atomic E-state index is -0.0934. The number of carbonyl (C=O) groups excluding carboxylic acids is 1. The Labute approximate surface area is 120 Å². The Hall–Kier alpha value is -1.75. The van der Waals surface area contributed by atoms with Gasteiger partial charge in [-0.15, -0.1) is 0 Å². The van der Waals surface area contributed by atoms with Gasteiger partial charge in [0.1, 0.15) is 0 Å². The fourth-order valence-corrected chi connectivity index (χ4v) is 2.53. The van der Waals surface area contributed by atoms with Crippen molar-refractivity contribution in [3.63, 3.8) is 0 Å². The lowest BCUT2D eigenvalue weighted by molar-refractivity contribution is 0.0963. The maximum atomic E-state index is 11.6. The van der Waals surface area contributed by atoms with Gasteiger partial charge in [0.2, 0.25) is 0 Å². The predicted molar refractivity (Wildman–Crippen MR) is 83.0 cm³/mol. The van der Waals surface area contributed by atoms with Gasteiger partial charge in [-0.05, 0) is 44.1 Å². The summed E-state index contributed by atoms with van der Waals surface area (Å²) in [5.74, 6) is -0.0934. The monoisotopic (exact) mass is 276 g/mol. The largest absolute Gasteiger partial charge is 0.397 e. The second-order valence-corrected chi connectivity index (χ2v) is 5.21. The summed E-state index contributed by atoms with van der Waals surface area (Å²) >= 11 is 0. The molecule has 4 N–H and O–H groups in total. The molecule has 0 unspecified atom stereocenters. The average molecular weight is 276 g/mol. The highest BCUT2D eigenvalue weighted by atomic mass is 16.1. The Bertz CT molecular complexity index is 455. The summed E-state index contributed by atoms with van der Waals surface area (Å²) in [6, 6.07) is 5.32. The van der Waals surface area contributed by atoms with Gasteiger partial charge >= 0.3 is 0 Å². The lowest BCUT2D eigenvalue weighted by Gasteiger charge is -2.26. The Morgan fingerprint density at radius 2 is 2.05 bits per heavy atom. The van der Waals surface area contributed by atoms with Crippen molar-refractivity contribution in [1.82, 2.24) is 10.2 Å². The van der Waals surface area contributed by atoms with E-state index in [0.717, 1.165) is 18.8 Å². The van der Waals surface area contributed by atoms with Crippen LogP contribution in [0.4, 0.5) is 11.4 Å². The van der Waals surface area contributed by atoms with Crippen LogP contribution in [0.5, 0.6) is 0 Å². The summed E-state index contributed by atoms with van der Waals surface area (Å²) in [5, 5.41) is 5.95. The number of nitrogens with one attached hydrogen (secondary N) is 2. The van der Waals surface area contributed by atoms with Crippen LogP contribution in [0.15, 0.2) is 18.2 Å². The highest BCUT2D eigenvalue weighted by Gasteiger charge is 2.10. The summed E-state index contributed by atoms with van der Waals surface area (Å²) in [4.78, 5) is 14.1. The van der Waals surface area contributed by atoms with Gasteiger partial charge in [-0.3, -0.25) is 4.79 Å². The SMILES string of the molecule is CNC(=O)c1ccc(N)c(NCCN2CCCCC2)c1. The Morgan fingerprint density at radius 3 is 2.75 bits per heavy atom. The minimum absolute atomic E-state index is 0.0934. The molecule has 0 aliphatic carbocycles. The van der Waals surface area contributed by atoms with Crippen molar-refractivity contribution < 1.29 is 4.79 Å². The van der Waals surface area contributed by atoms with Gasteiger partial charge in [0.15, 0.2) is 0 Å². The smallest absolute Gasteiger partial charge is 0.251 e. The number of likely N-dealkylation sites (tertiary alicyclic amines) is 1. The van der Waals surface area contributed by atoms with Crippen LogP contribution in [0.1, 0.15) is 29.6 Å². The molecule has 1 aliphatic rings. The predicted octanol–water partition coefficient (Wildman–Crippen LogP) is 1.53. The van der Waals surface area contributed by atoms with Gasteiger partial charge < -0.3 is 21.3 Å². The fourth-order valence-electron chi connectivity index (χ4n) is 2.53. The number of benzene rings is 1. The minimum Gasteiger partial charge on any atom is -0.397 e. The van der Waals surface area contributed by atoms with Crippen molar-refractivity contribution in [3.8, 4) is 0 Å². The zero-order chi connectivity index (χ0) is 14.4. The number of hydrogen-bond acceptors (Lipinski definition) is 4. The summed E-state index contributed by atoms with van der Waals surface area (Å²) in [6.07, 6.45) is 3.95. The van der Waals surface area contributed by atoms with Crippen LogP contribution in [0.3, 0.4) is 0 Å². The molecule has 0 saturated carbocycles. The molecule has 1 saturated heterocycles. The number of nitrogens with zero attached hydrogens (tertiary/aromatic N) is 1. The van der Waals surface area contributed by atoms with Crippen molar-refractivity contribution in [2.45, 2.75) is 19.3 Å². The van der Waals surface area contributed by atoms with Crippen LogP contribution in [0, 0.1) is 0 Å². The van der Waals surface area contributed by atoms with Crippen molar-refractivity contribution in [1.29, 1.82) is 0 Å². The molecule has 0 aromatic heterocycles. The molecular weight excluding hydrogens is 252 g/mol. The van der Waals surface area contributed by atoms with Crippen LogP contribution in [-0.2, 0) is 0 Å². The van der Waals surface area contributed by atoms with Crippen LogP contribution in [0.2, 0.25) is 0 Å². The van der Waals surface area contributed by atoms with E-state index in [1.807, 2.05) is 6.07 Å². The van der Waals surface area contributed by atoms with E-state index in [1.54, 1.807) is 19.2 Å². The third kappa shape index (κ3) is 3.87. The van der Waals surface area contributed by atoms with Crippen LogP contribution in [-0.4, -0.2) is 44.0 Å². The maximum Gasteiger partial charge on any atom is 0.251 e. The summed E-state index contributed by atoms with van der Waals surface area (Å²) in [7, 11) is 1.63. The Kier molecular flexibility index (Phi) is 5.24. The van der Waals surface area contributed by atoms with E-state index >= 15 is 0 Å². The van der Waals surface area contributed by atoms with Crippen molar-refractivity contribution in [3.05, 3.63) is 23.8 Å². The summed E-state index contributed by atoms with van der Waals surface area (Å²) in [6.45, 7) is 4.25. The van der Waals surface area contributed by atoms with Gasteiger partial charge in [0.05, 0.1) is 11.4 Å². The molecule has 1 amide bonds. The molecule has 0 atom stereocenters. The van der Waals surface area contributed by atoms with E-state index in [0.29, 0.717) is 11.3 Å². The standard InChI is InChI=1S/C15H24N4O/c1-17-15(20)12-5-6-13(16)14(11-12)18-7-10-19-8-3-2-4-9-19/h5-6,11,18H,2-4,7-10,16H2,1H3,(H,17,20). The van der Waals surface area contributed by atoms with Crippen molar-refractivity contribution >= 4 is 17.3 Å². The molecule has 0 spiro atoms. The highest BCUT2D eigenvalue weighted by molar-refractivity contribution is 5.96. The summed E-state index contributed by atoms with van der Waals surface area (Å²) in [5.41, 5.74) is 8.08. The quantitative estimate of drug-likeness (QED) is 0.713. The molecular formula is C15H24N4O. The first-order valence-corrected chi connectivity index (χ1v) is 7.28. The zero-order valence-corrected chi connectivity index (χ0v) is 12.1. The molecule has 1 aliphatic heterocycles. The van der Waals surface area contributed by atoms with Crippen molar-refractivity contribution in [2.75, 3.05) is 44.3 Å². The van der Waals surface area contributed by atoms with E-state index in [2.05, 4.69) is 15.5 Å². The number of hydrogen-bond donors (Lipinski definition) is 3. The number of amides is 1. The Morgan fingerprint density at radius 1 is 1.30 bits per heavy atom. The van der Waals surface area contributed by atoms with E-state index < -0.39 is 0 Å². The first-order chi connectivity index (χ1) is 9.70. The van der Waals surface area contributed by atoms with E-state index in [4.69, 9.17) is 5.73 Å². The number of anilines is 2. The zero-order valence-electron chi connectivity index (χ0n) is 12.1. The van der Waals surface area contributed by atoms with E-state index in [1.165, 1.54) is 32.4 Å². The van der Waals surface area contributed by atoms with E-state index in [9.17, 15) is 4.79 Å². The van der Waals surface area contributed by atoms with Gasteiger partial charge in [0, 0.05) is 25.7 Å². The molecule has 0 radical (unpaired) electrons. The summed E-state index contributed by atoms with van der Waals surface area (Å²) < 4.78 is 0. The first kappa shape index (κ1) is 14.7. The number of piperidine rings is 1. The molecule has 1 aromatic carbocycles. The van der Waals surface area contributed by atoms with Gasteiger partial charge in [0.25, 0.3) is 5.91 Å². The molecule has 20 heavy (non-hydrogen) atoms. The Balaban J connectivity index is 1.89. The number of rotatable bonds is 5. The first-order valence-electron chi connectivity index (χ1n) is 7.28. The van der Waals surface area contributed by atoms with Gasteiger partial charge in [-0.25, -0.2) is 0 Å². The van der Waals surface area contributed by atoms with Gasteiger partial charge in [-0.1, -0.05) is 6.42 Å². The molecule has 1 aromatic rings. The number of nitrogens with two attached hydrogens (primary N) is 1. The van der Waals surface area contributed by atoms with Gasteiger partial charge in [-0.2, -0.15) is 0 Å². The lowest BCUT2D eigenvalue weighted by Crippen LogP contribution is -2.33. The molecule has 1 heterocycles. The third-order valence-electron chi connectivity index (χ3n) is 3.73. The molecule has 1 fully saturated rings. The molecule has 0 bridgehead atoms.